The summed E-state index contributed by atoms with van der Waals surface area (Å²) in [5, 5.41) is 17.8. The fourth-order valence-electron chi connectivity index (χ4n) is 4.04. The molecule has 0 saturated heterocycles. The fraction of sp³-hybridized carbons (Fsp3) is 0.200. The summed E-state index contributed by atoms with van der Waals surface area (Å²) < 4.78 is 12.2. The van der Waals surface area contributed by atoms with Gasteiger partial charge in [-0.3, -0.25) is 9.59 Å². The SMILES string of the molecule is CCCC1=NN(c2ccc(C(=O)O)cc2)C(=O)/C1=C/c1cc(Br)c(OCC(=O)Nc2ccccc2)c(OCC)c1. The van der Waals surface area contributed by atoms with Crippen molar-refractivity contribution >= 4 is 56.9 Å². The van der Waals surface area contributed by atoms with Gasteiger partial charge in [0.25, 0.3) is 11.8 Å². The highest BCUT2D eigenvalue weighted by Gasteiger charge is 2.31. The molecule has 0 bridgehead atoms. The van der Waals surface area contributed by atoms with Crippen LogP contribution in [-0.4, -0.2) is 41.8 Å². The second kappa shape index (κ2) is 13.1. The van der Waals surface area contributed by atoms with Gasteiger partial charge in [-0.15, -0.1) is 0 Å². The van der Waals surface area contributed by atoms with Crippen molar-refractivity contribution in [2.75, 3.05) is 23.5 Å². The number of hydrogen-bond acceptors (Lipinski definition) is 6. The standard InChI is InChI=1S/C30H28BrN3O6/c1-3-8-25-23(29(36)34(33-25)22-13-11-20(12-14-22)30(37)38)15-19-16-24(31)28(26(17-19)39-4-2)40-18-27(35)32-21-9-6-5-7-10-21/h5-7,9-17H,3-4,8,18H2,1-2H3,(H,32,35)(H,37,38)/b23-15+. The molecule has 2 N–H and O–H groups in total. The molecule has 0 radical (unpaired) electrons. The van der Waals surface area contributed by atoms with Crippen LogP contribution in [0.15, 0.2) is 81.9 Å². The zero-order valence-electron chi connectivity index (χ0n) is 22.0. The summed E-state index contributed by atoms with van der Waals surface area (Å²) in [6.07, 6.45) is 3.10. The molecule has 0 fully saturated rings. The molecular weight excluding hydrogens is 578 g/mol. The van der Waals surface area contributed by atoms with Gasteiger partial charge in [0, 0.05) is 5.69 Å². The molecule has 0 spiro atoms. The molecule has 9 nitrogen and oxygen atoms in total. The summed E-state index contributed by atoms with van der Waals surface area (Å²) in [6, 6.07) is 18.6. The van der Waals surface area contributed by atoms with Crippen LogP contribution in [0.1, 0.15) is 42.6 Å². The normalized spacial score (nSPS) is 13.8. The number of hydrazone groups is 1. The Morgan fingerprint density at radius 3 is 2.42 bits per heavy atom. The smallest absolute Gasteiger partial charge is 0.335 e. The summed E-state index contributed by atoms with van der Waals surface area (Å²) in [6.45, 7) is 3.97. The van der Waals surface area contributed by atoms with Crippen molar-refractivity contribution in [3.63, 3.8) is 0 Å². The van der Waals surface area contributed by atoms with Crippen molar-refractivity contribution in [2.45, 2.75) is 26.7 Å². The number of para-hydroxylation sites is 1. The average Bonchev–Trinajstić information content (AvgIpc) is 3.23. The summed E-state index contributed by atoms with van der Waals surface area (Å²) in [4.78, 5) is 37.0. The first-order valence-electron chi connectivity index (χ1n) is 12.7. The fourth-order valence-corrected chi connectivity index (χ4v) is 4.62. The van der Waals surface area contributed by atoms with Gasteiger partial charge in [-0.05, 0) is 89.4 Å². The minimum absolute atomic E-state index is 0.122. The van der Waals surface area contributed by atoms with Gasteiger partial charge in [0.05, 0.1) is 33.6 Å². The zero-order chi connectivity index (χ0) is 28.6. The van der Waals surface area contributed by atoms with E-state index in [1.165, 1.54) is 17.1 Å². The largest absolute Gasteiger partial charge is 0.490 e. The van der Waals surface area contributed by atoms with E-state index >= 15 is 0 Å². The molecule has 0 aliphatic carbocycles. The Kier molecular flexibility index (Phi) is 9.34. The quantitative estimate of drug-likeness (QED) is 0.253. The molecule has 3 aromatic carbocycles. The van der Waals surface area contributed by atoms with E-state index in [-0.39, 0.29) is 24.0 Å². The van der Waals surface area contributed by atoms with E-state index in [1.54, 1.807) is 42.5 Å². The number of aromatic carboxylic acids is 1. The number of ether oxygens (including phenoxy) is 2. The van der Waals surface area contributed by atoms with Gasteiger partial charge in [-0.2, -0.15) is 10.1 Å². The molecular formula is C30H28BrN3O6. The molecule has 10 heteroatoms. The maximum Gasteiger partial charge on any atom is 0.335 e. The van der Waals surface area contributed by atoms with Gasteiger partial charge in [0.2, 0.25) is 0 Å². The van der Waals surface area contributed by atoms with Gasteiger partial charge in [0.1, 0.15) is 0 Å². The van der Waals surface area contributed by atoms with Crippen LogP contribution >= 0.6 is 15.9 Å². The van der Waals surface area contributed by atoms with E-state index < -0.39 is 5.97 Å². The van der Waals surface area contributed by atoms with E-state index in [0.717, 1.165) is 6.42 Å². The minimum atomic E-state index is -1.05. The van der Waals surface area contributed by atoms with Gasteiger partial charge >= 0.3 is 5.97 Å². The first kappa shape index (κ1) is 28.6. The number of anilines is 2. The lowest BCUT2D eigenvalue weighted by molar-refractivity contribution is -0.118. The second-order valence-corrected chi connectivity index (χ2v) is 9.64. The molecule has 3 aromatic rings. The highest BCUT2D eigenvalue weighted by Crippen LogP contribution is 2.38. The number of carboxylic acids is 1. The minimum Gasteiger partial charge on any atom is -0.490 e. The van der Waals surface area contributed by atoms with Gasteiger partial charge in [0.15, 0.2) is 18.1 Å². The lowest BCUT2D eigenvalue weighted by Crippen LogP contribution is -2.21. The number of hydrogen-bond donors (Lipinski definition) is 2. The molecule has 2 amide bonds. The first-order valence-corrected chi connectivity index (χ1v) is 13.5. The van der Waals surface area contributed by atoms with E-state index in [9.17, 15) is 19.5 Å². The second-order valence-electron chi connectivity index (χ2n) is 8.79. The molecule has 0 atom stereocenters. The van der Waals surface area contributed by atoms with Crippen molar-refractivity contribution < 1.29 is 29.0 Å². The molecule has 40 heavy (non-hydrogen) atoms. The number of nitrogens with zero attached hydrogens (tertiary/aromatic N) is 2. The lowest BCUT2D eigenvalue weighted by Gasteiger charge is -2.15. The zero-order valence-corrected chi connectivity index (χ0v) is 23.6. The van der Waals surface area contributed by atoms with Crippen molar-refractivity contribution in [3.05, 3.63) is 87.9 Å². The summed E-state index contributed by atoms with van der Waals surface area (Å²) in [5.74, 6) is -0.905. The third kappa shape index (κ3) is 6.76. The van der Waals surface area contributed by atoms with E-state index in [2.05, 4.69) is 26.3 Å². The van der Waals surface area contributed by atoms with Crippen LogP contribution in [0.5, 0.6) is 11.5 Å². The van der Waals surface area contributed by atoms with Crippen LogP contribution in [0.4, 0.5) is 11.4 Å². The van der Waals surface area contributed by atoms with E-state index in [4.69, 9.17) is 9.47 Å². The van der Waals surface area contributed by atoms with Crippen molar-refractivity contribution in [1.29, 1.82) is 0 Å². The molecule has 0 aromatic heterocycles. The Hall–Kier alpha value is -4.44. The molecule has 1 aliphatic rings. The Bertz CT molecular complexity index is 1470. The number of carbonyl (C=O) groups is 3. The third-order valence-electron chi connectivity index (χ3n) is 5.85. The maximum absolute atomic E-state index is 13.4. The molecule has 206 valence electrons. The Morgan fingerprint density at radius 2 is 1.77 bits per heavy atom. The third-order valence-corrected chi connectivity index (χ3v) is 6.44. The topological polar surface area (TPSA) is 118 Å². The highest BCUT2D eigenvalue weighted by molar-refractivity contribution is 9.10. The van der Waals surface area contributed by atoms with Crippen LogP contribution in [-0.2, 0) is 9.59 Å². The predicted molar refractivity (Wildman–Crippen MR) is 157 cm³/mol. The number of benzene rings is 3. The van der Waals surface area contributed by atoms with Crippen LogP contribution in [0.2, 0.25) is 0 Å². The Balaban J connectivity index is 1.58. The average molecular weight is 606 g/mol. The van der Waals surface area contributed by atoms with Crippen LogP contribution in [0.25, 0.3) is 6.08 Å². The summed E-state index contributed by atoms with van der Waals surface area (Å²) in [7, 11) is 0. The number of nitrogens with one attached hydrogen (secondary N) is 1. The lowest BCUT2D eigenvalue weighted by atomic mass is 10.0. The number of rotatable bonds is 11. The molecule has 0 unspecified atom stereocenters. The Labute approximate surface area is 240 Å². The Morgan fingerprint density at radius 1 is 1.05 bits per heavy atom. The predicted octanol–water partition coefficient (Wildman–Crippen LogP) is 6.15. The van der Waals surface area contributed by atoms with Gasteiger partial charge in [-0.25, -0.2) is 4.79 Å². The van der Waals surface area contributed by atoms with Crippen LogP contribution in [0.3, 0.4) is 0 Å². The van der Waals surface area contributed by atoms with E-state index in [0.29, 0.717) is 57.2 Å². The van der Waals surface area contributed by atoms with E-state index in [1.807, 2.05) is 32.0 Å². The molecule has 1 aliphatic heterocycles. The number of carbonyl (C=O) groups excluding carboxylic acids is 2. The molecule has 0 saturated carbocycles. The van der Waals surface area contributed by atoms with Crippen molar-refractivity contribution in [3.8, 4) is 11.5 Å². The van der Waals surface area contributed by atoms with Crippen LogP contribution < -0.4 is 19.8 Å². The summed E-state index contributed by atoms with van der Waals surface area (Å²) >= 11 is 3.52. The molecule has 4 rings (SSSR count). The summed E-state index contributed by atoms with van der Waals surface area (Å²) in [5.41, 5.74) is 2.99. The monoisotopic (exact) mass is 605 g/mol. The number of halogens is 1. The first-order chi connectivity index (χ1) is 19.3. The van der Waals surface area contributed by atoms with Gasteiger partial charge < -0.3 is 19.9 Å². The van der Waals surface area contributed by atoms with Crippen molar-refractivity contribution in [1.82, 2.24) is 0 Å². The van der Waals surface area contributed by atoms with Gasteiger partial charge in [-0.1, -0.05) is 31.5 Å². The number of carboxylic acid groups (broad SMARTS) is 1. The van der Waals surface area contributed by atoms with Crippen LogP contribution in [0, 0.1) is 0 Å². The van der Waals surface area contributed by atoms with Crippen molar-refractivity contribution in [2.24, 2.45) is 5.10 Å². The number of amides is 2. The molecule has 1 heterocycles. The maximum atomic E-state index is 13.4. The highest BCUT2D eigenvalue weighted by atomic mass is 79.9.